The van der Waals surface area contributed by atoms with E-state index < -0.39 is 0 Å². The molecule has 0 aliphatic rings. The zero-order valence-corrected chi connectivity index (χ0v) is 9.55. The first-order chi connectivity index (χ1) is 7.24. The van der Waals surface area contributed by atoms with Gasteiger partial charge in [-0.15, -0.1) is 0 Å². The summed E-state index contributed by atoms with van der Waals surface area (Å²) in [7, 11) is 0. The molecular weight excluding hydrogens is 226 g/mol. The minimum atomic E-state index is 0.750. The Kier molecular flexibility index (Phi) is 3.29. The van der Waals surface area contributed by atoms with Gasteiger partial charge in [-0.05, 0) is 42.8 Å². The molecule has 1 aromatic carbocycles. The van der Waals surface area contributed by atoms with Crippen LogP contribution in [0.15, 0.2) is 52.5 Å². The van der Waals surface area contributed by atoms with Gasteiger partial charge in [0.1, 0.15) is 5.03 Å². The van der Waals surface area contributed by atoms with Crippen LogP contribution in [0.5, 0.6) is 0 Å². The molecule has 0 N–H and O–H groups in total. The lowest BCUT2D eigenvalue weighted by atomic mass is 10.3. The summed E-state index contributed by atoms with van der Waals surface area (Å²) in [5, 5.41) is 1.71. The van der Waals surface area contributed by atoms with E-state index >= 15 is 0 Å². The van der Waals surface area contributed by atoms with Crippen molar-refractivity contribution < 1.29 is 0 Å². The van der Waals surface area contributed by atoms with Crippen LogP contribution in [0.2, 0.25) is 5.02 Å². The van der Waals surface area contributed by atoms with E-state index in [1.807, 2.05) is 36.4 Å². The van der Waals surface area contributed by atoms with E-state index in [9.17, 15) is 0 Å². The number of halogens is 1. The van der Waals surface area contributed by atoms with Gasteiger partial charge in [-0.2, -0.15) is 0 Å². The number of rotatable bonds is 2. The Morgan fingerprint density at radius 2 is 1.80 bits per heavy atom. The van der Waals surface area contributed by atoms with E-state index in [0.29, 0.717) is 0 Å². The van der Waals surface area contributed by atoms with Gasteiger partial charge in [0.2, 0.25) is 0 Å². The molecule has 2 rings (SSSR count). The molecule has 0 atom stereocenters. The molecule has 1 nitrogen and oxygen atoms in total. The van der Waals surface area contributed by atoms with Crippen molar-refractivity contribution in [1.82, 2.24) is 4.98 Å². The second-order valence-electron chi connectivity index (χ2n) is 3.06. The summed E-state index contributed by atoms with van der Waals surface area (Å²) in [4.78, 5) is 5.39. The van der Waals surface area contributed by atoms with E-state index in [2.05, 4.69) is 11.9 Å². The average molecular weight is 235 g/mol. The largest absolute Gasteiger partial charge is 0.249 e. The van der Waals surface area contributed by atoms with E-state index in [1.165, 1.54) is 0 Å². The number of nitrogens with zero attached hydrogens (tertiary/aromatic N) is 1. The first kappa shape index (κ1) is 10.5. The van der Waals surface area contributed by atoms with Gasteiger partial charge in [0.05, 0.1) is 0 Å². The Labute approximate surface area is 98.5 Å². The molecule has 0 saturated heterocycles. The van der Waals surface area contributed by atoms with Gasteiger partial charge in [-0.25, -0.2) is 4.98 Å². The van der Waals surface area contributed by atoms with Crippen LogP contribution >= 0.6 is 23.4 Å². The Morgan fingerprint density at radius 1 is 1.07 bits per heavy atom. The van der Waals surface area contributed by atoms with Gasteiger partial charge < -0.3 is 0 Å². The Hall–Kier alpha value is -0.990. The molecule has 1 heterocycles. The van der Waals surface area contributed by atoms with Crippen molar-refractivity contribution in [2.75, 3.05) is 0 Å². The lowest BCUT2D eigenvalue weighted by Gasteiger charge is -2.00. The molecule has 1 aromatic heterocycles. The SMILES string of the molecule is [CH2]c1ccc(Sc2ccc(Cl)cc2)nc1. The fourth-order valence-electron chi connectivity index (χ4n) is 1.09. The number of aromatic nitrogens is 1. The molecule has 0 aliphatic carbocycles. The Bertz CT molecular complexity index is 393. The summed E-state index contributed by atoms with van der Waals surface area (Å²) >= 11 is 7.41. The van der Waals surface area contributed by atoms with Crippen LogP contribution < -0.4 is 0 Å². The molecule has 0 bridgehead atoms. The molecule has 3 heteroatoms. The molecule has 1 radical (unpaired) electrons. The van der Waals surface area contributed by atoms with E-state index in [4.69, 9.17) is 11.6 Å². The molecule has 0 amide bonds. The highest BCUT2D eigenvalue weighted by molar-refractivity contribution is 7.99. The topological polar surface area (TPSA) is 12.9 Å². The summed E-state index contributed by atoms with van der Waals surface area (Å²) in [6, 6.07) is 11.6. The van der Waals surface area contributed by atoms with E-state index in [0.717, 1.165) is 20.5 Å². The molecule has 75 valence electrons. The van der Waals surface area contributed by atoms with Gasteiger partial charge >= 0.3 is 0 Å². The molecular formula is C12H9ClNS. The molecule has 0 spiro atoms. The maximum Gasteiger partial charge on any atom is 0.101 e. The maximum absolute atomic E-state index is 5.80. The van der Waals surface area contributed by atoms with Crippen LogP contribution in [0.3, 0.4) is 0 Å². The van der Waals surface area contributed by atoms with E-state index in [1.54, 1.807) is 18.0 Å². The molecule has 0 saturated carbocycles. The minimum Gasteiger partial charge on any atom is -0.249 e. The number of pyridine rings is 1. The fraction of sp³-hybridized carbons (Fsp3) is 0. The third-order valence-corrected chi connectivity index (χ3v) is 3.04. The summed E-state index contributed by atoms with van der Waals surface area (Å²) in [5.74, 6) is 0. The number of hydrogen-bond acceptors (Lipinski definition) is 2. The number of benzene rings is 1. The minimum absolute atomic E-state index is 0.750. The second-order valence-corrected chi connectivity index (χ2v) is 4.59. The fourth-order valence-corrected chi connectivity index (χ4v) is 1.98. The molecule has 0 aliphatic heterocycles. The van der Waals surface area contributed by atoms with Gasteiger partial charge in [0, 0.05) is 16.1 Å². The second kappa shape index (κ2) is 4.69. The number of hydrogen-bond donors (Lipinski definition) is 0. The third-order valence-electron chi connectivity index (χ3n) is 1.83. The van der Waals surface area contributed by atoms with Crippen molar-refractivity contribution in [3.8, 4) is 0 Å². The predicted molar refractivity (Wildman–Crippen MR) is 64.3 cm³/mol. The van der Waals surface area contributed by atoms with E-state index in [-0.39, 0.29) is 0 Å². The van der Waals surface area contributed by atoms with Crippen LogP contribution in [-0.4, -0.2) is 4.98 Å². The van der Waals surface area contributed by atoms with Crippen LogP contribution in [0.1, 0.15) is 5.56 Å². The first-order valence-electron chi connectivity index (χ1n) is 4.45. The van der Waals surface area contributed by atoms with Crippen molar-refractivity contribution in [3.63, 3.8) is 0 Å². The standard InChI is InChI=1S/C12H9ClNS/c1-9-2-7-12(14-8-9)15-11-5-3-10(13)4-6-11/h2-8H,1H2. The molecule has 15 heavy (non-hydrogen) atoms. The quantitative estimate of drug-likeness (QED) is 0.777. The highest BCUT2D eigenvalue weighted by Gasteiger charge is 1.98. The van der Waals surface area contributed by atoms with Crippen molar-refractivity contribution >= 4 is 23.4 Å². The normalized spacial score (nSPS) is 10.3. The Morgan fingerprint density at radius 3 is 2.40 bits per heavy atom. The third kappa shape index (κ3) is 2.98. The zero-order chi connectivity index (χ0) is 10.7. The highest BCUT2D eigenvalue weighted by atomic mass is 35.5. The summed E-state index contributed by atoms with van der Waals surface area (Å²) < 4.78 is 0. The predicted octanol–water partition coefficient (Wildman–Crippen LogP) is 4.07. The van der Waals surface area contributed by atoms with Crippen LogP contribution in [-0.2, 0) is 0 Å². The van der Waals surface area contributed by atoms with Crippen LogP contribution in [0.25, 0.3) is 0 Å². The summed E-state index contributed by atoms with van der Waals surface area (Å²) in [6.07, 6.45) is 1.76. The molecule has 0 unspecified atom stereocenters. The van der Waals surface area contributed by atoms with Crippen molar-refractivity contribution in [2.45, 2.75) is 9.92 Å². The van der Waals surface area contributed by atoms with Gasteiger partial charge in [-0.1, -0.05) is 29.4 Å². The van der Waals surface area contributed by atoms with Gasteiger partial charge in [0.25, 0.3) is 0 Å². The van der Waals surface area contributed by atoms with Crippen LogP contribution in [0.4, 0.5) is 0 Å². The lowest BCUT2D eigenvalue weighted by Crippen LogP contribution is -1.80. The van der Waals surface area contributed by atoms with Crippen molar-refractivity contribution in [2.24, 2.45) is 0 Å². The lowest BCUT2D eigenvalue weighted by molar-refractivity contribution is 1.12. The first-order valence-corrected chi connectivity index (χ1v) is 5.65. The highest BCUT2D eigenvalue weighted by Crippen LogP contribution is 2.26. The van der Waals surface area contributed by atoms with Gasteiger partial charge in [0.15, 0.2) is 0 Å². The monoisotopic (exact) mass is 234 g/mol. The zero-order valence-electron chi connectivity index (χ0n) is 7.98. The molecule has 2 aromatic rings. The summed E-state index contributed by atoms with van der Waals surface area (Å²) in [6.45, 7) is 3.79. The average Bonchev–Trinajstić information content (AvgIpc) is 2.25. The Balaban J connectivity index is 2.15. The van der Waals surface area contributed by atoms with Crippen molar-refractivity contribution in [3.05, 3.63) is 60.1 Å². The smallest absolute Gasteiger partial charge is 0.101 e. The van der Waals surface area contributed by atoms with Crippen molar-refractivity contribution in [1.29, 1.82) is 0 Å². The van der Waals surface area contributed by atoms with Gasteiger partial charge in [-0.3, -0.25) is 0 Å². The summed E-state index contributed by atoms with van der Waals surface area (Å²) in [5.41, 5.74) is 0.926. The maximum atomic E-state index is 5.80. The molecule has 0 fully saturated rings. The van der Waals surface area contributed by atoms with Crippen LogP contribution in [0, 0.1) is 6.92 Å².